The number of fused-ring (bicyclic) bond motifs is 1. The van der Waals surface area contributed by atoms with Crippen LogP contribution in [0.15, 0.2) is 39.5 Å². The van der Waals surface area contributed by atoms with Gasteiger partial charge in [-0.2, -0.15) is 0 Å². The first-order valence-corrected chi connectivity index (χ1v) is 6.85. The predicted octanol–water partition coefficient (Wildman–Crippen LogP) is 2.49. The van der Waals surface area contributed by atoms with Gasteiger partial charge in [-0.1, -0.05) is 0 Å². The van der Waals surface area contributed by atoms with Crippen LogP contribution in [0.5, 0.6) is 23.0 Å². The highest BCUT2D eigenvalue weighted by atomic mass is 16.3. The Labute approximate surface area is 134 Å². The van der Waals surface area contributed by atoms with E-state index in [4.69, 9.17) is 4.42 Å². The van der Waals surface area contributed by atoms with E-state index >= 15 is 0 Å². The molecule has 3 rings (SSSR count). The van der Waals surface area contributed by atoms with Gasteiger partial charge in [-0.3, -0.25) is 9.59 Å². The van der Waals surface area contributed by atoms with Crippen molar-refractivity contribution in [2.45, 2.75) is 6.92 Å². The molecule has 0 bridgehead atoms. The van der Waals surface area contributed by atoms with Gasteiger partial charge in [-0.05, 0) is 25.1 Å². The summed E-state index contributed by atoms with van der Waals surface area (Å²) in [5, 5.41) is 38.2. The average molecular weight is 328 g/mol. The lowest BCUT2D eigenvalue weighted by Gasteiger charge is -2.10. The van der Waals surface area contributed by atoms with Crippen LogP contribution in [0.4, 0.5) is 0 Å². The second-order valence-corrected chi connectivity index (χ2v) is 5.23. The van der Waals surface area contributed by atoms with Crippen LogP contribution in [0.1, 0.15) is 17.3 Å². The molecular formula is C17H12O7. The third-order valence-corrected chi connectivity index (χ3v) is 3.55. The maximum absolute atomic E-state index is 12.6. The molecule has 0 spiro atoms. The lowest BCUT2D eigenvalue weighted by molar-refractivity contribution is 0.101. The molecule has 0 unspecified atom stereocenters. The van der Waals surface area contributed by atoms with Gasteiger partial charge in [0, 0.05) is 17.7 Å². The summed E-state index contributed by atoms with van der Waals surface area (Å²) in [7, 11) is 0. The van der Waals surface area contributed by atoms with Crippen molar-refractivity contribution in [1.29, 1.82) is 0 Å². The maximum atomic E-state index is 12.6. The quantitative estimate of drug-likeness (QED) is 0.420. The Balaban J connectivity index is 2.46. The van der Waals surface area contributed by atoms with Gasteiger partial charge in [0.15, 0.2) is 17.3 Å². The van der Waals surface area contributed by atoms with Gasteiger partial charge in [0.25, 0.3) is 0 Å². The van der Waals surface area contributed by atoms with E-state index in [1.54, 1.807) is 0 Å². The molecular weight excluding hydrogens is 316 g/mol. The molecule has 0 atom stereocenters. The zero-order chi connectivity index (χ0) is 17.6. The molecule has 0 aliphatic rings. The maximum Gasteiger partial charge on any atom is 0.207 e. The molecule has 0 radical (unpaired) electrons. The van der Waals surface area contributed by atoms with E-state index in [1.807, 2.05) is 0 Å². The van der Waals surface area contributed by atoms with Crippen molar-refractivity contribution >= 4 is 16.8 Å². The van der Waals surface area contributed by atoms with Crippen LogP contribution in [0, 0.1) is 0 Å². The summed E-state index contributed by atoms with van der Waals surface area (Å²) >= 11 is 0. The molecule has 0 saturated heterocycles. The topological polar surface area (TPSA) is 128 Å². The number of hydrogen-bond acceptors (Lipinski definition) is 7. The van der Waals surface area contributed by atoms with Crippen LogP contribution >= 0.6 is 0 Å². The van der Waals surface area contributed by atoms with Gasteiger partial charge in [-0.25, -0.2) is 0 Å². The minimum atomic E-state index is -0.760. The Morgan fingerprint density at radius 2 is 1.67 bits per heavy atom. The molecule has 0 fully saturated rings. The smallest absolute Gasteiger partial charge is 0.207 e. The molecule has 0 aliphatic heterocycles. The highest BCUT2D eigenvalue weighted by Crippen LogP contribution is 2.35. The van der Waals surface area contributed by atoms with Crippen LogP contribution < -0.4 is 5.43 Å². The lowest BCUT2D eigenvalue weighted by Crippen LogP contribution is -2.15. The molecule has 0 aliphatic carbocycles. The van der Waals surface area contributed by atoms with Crippen molar-refractivity contribution in [1.82, 2.24) is 0 Å². The number of ketones is 1. The second kappa shape index (κ2) is 5.31. The monoisotopic (exact) mass is 328 g/mol. The third kappa shape index (κ3) is 2.32. The minimum absolute atomic E-state index is 0.120. The van der Waals surface area contributed by atoms with E-state index < -0.39 is 22.7 Å². The summed E-state index contributed by atoms with van der Waals surface area (Å²) < 4.78 is 5.54. The van der Waals surface area contributed by atoms with E-state index in [9.17, 15) is 30.0 Å². The van der Waals surface area contributed by atoms with Crippen molar-refractivity contribution in [3.05, 3.63) is 46.1 Å². The summed E-state index contributed by atoms with van der Waals surface area (Å²) in [6.45, 7) is 1.17. The number of carbonyl (C=O) groups is 1. The summed E-state index contributed by atoms with van der Waals surface area (Å²) in [6.07, 6.45) is 0. The summed E-state index contributed by atoms with van der Waals surface area (Å²) in [6, 6.07) is 5.76. The van der Waals surface area contributed by atoms with E-state index in [1.165, 1.54) is 19.1 Å². The summed E-state index contributed by atoms with van der Waals surface area (Å²) in [5.74, 6) is -2.40. The molecule has 24 heavy (non-hydrogen) atoms. The van der Waals surface area contributed by atoms with Crippen LogP contribution in [0.2, 0.25) is 0 Å². The van der Waals surface area contributed by atoms with Gasteiger partial charge < -0.3 is 24.8 Å². The van der Waals surface area contributed by atoms with Crippen LogP contribution in [0.3, 0.4) is 0 Å². The van der Waals surface area contributed by atoms with E-state index in [-0.39, 0.29) is 39.4 Å². The Kier molecular flexibility index (Phi) is 3.41. The van der Waals surface area contributed by atoms with Crippen molar-refractivity contribution in [2.75, 3.05) is 0 Å². The zero-order valence-corrected chi connectivity index (χ0v) is 12.4. The van der Waals surface area contributed by atoms with E-state index in [0.29, 0.717) is 0 Å². The Bertz CT molecular complexity index is 1050. The molecule has 7 nitrogen and oxygen atoms in total. The Morgan fingerprint density at radius 1 is 0.958 bits per heavy atom. The SMILES string of the molecule is CC(=O)c1c(-c2ccc(O)c(O)c2)oc2cc(O)cc(O)c2c1=O. The number of phenols is 4. The number of aromatic hydroxyl groups is 4. The first-order chi connectivity index (χ1) is 11.3. The Morgan fingerprint density at radius 3 is 2.29 bits per heavy atom. The van der Waals surface area contributed by atoms with Gasteiger partial charge in [0.2, 0.25) is 5.43 Å². The molecule has 1 heterocycles. The predicted molar refractivity (Wildman–Crippen MR) is 84.6 cm³/mol. The van der Waals surface area contributed by atoms with Gasteiger partial charge >= 0.3 is 0 Å². The fourth-order valence-corrected chi connectivity index (χ4v) is 2.47. The normalized spacial score (nSPS) is 10.9. The molecule has 0 saturated carbocycles. The van der Waals surface area contributed by atoms with Crippen LogP contribution in [-0.2, 0) is 0 Å². The third-order valence-electron chi connectivity index (χ3n) is 3.55. The highest BCUT2D eigenvalue weighted by Gasteiger charge is 2.22. The number of carbonyl (C=O) groups excluding carboxylic acids is 1. The van der Waals surface area contributed by atoms with Crippen LogP contribution in [0.25, 0.3) is 22.3 Å². The van der Waals surface area contributed by atoms with Crippen molar-refractivity contribution in [3.8, 4) is 34.3 Å². The highest BCUT2D eigenvalue weighted by molar-refractivity contribution is 6.03. The number of Topliss-reactive ketones (excluding diaryl/α,β-unsaturated/α-hetero) is 1. The number of hydrogen-bond donors (Lipinski definition) is 4. The van der Waals surface area contributed by atoms with Gasteiger partial charge in [0.05, 0.1) is 0 Å². The first kappa shape index (κ1) is 15.4. The van der Waals surface area contributed by atoms with Crippen molar-refractivity contribution in [3.63, 3.8) is 0 Å². The average Bonchev–Trinajstić information content (AvgIpc) is 2.48. The van der Waals surface area contributed by atoms with E-state index in [0.717, 1.165) is 18.2 Å². The molecule has 7 heteroatoms. The number of benzene rings is 2. The summed E-state index contributed by atoms with van der Waals surface area (Å²) in [4.78, 5) is 24.5. The number of phenolic OH excluding ortho intramolecular Hbond substituents is 4. The fourth-order valence-electron chi connectivity index (χ4n) is 2.47. The largest absolute Gasteiger partial charge is 0.508 e. The van der Waals surface area contributed by atoms with E-state index in [2.05, 4.69) is 0 Å². The second-order valence-electron chi connectivity index (χ2n) is 5.23. The molecule has 3 aromatic rings. The van der Waals surface area contributed by atoms with Gasteiger partial charge in [-0.15, -0.1) is 0 Å². The molecule has 4 N–H and O–H groups in total. The standard InChI is InChI=1S/C17H12O7/c1-7(18)14-16(23)15-12(22)5-9(19)6-13(15)24-17(14)8-2-3-10(20)11(21)4-8/h2-6,19-22H,1H3. The lowest BCUT2D eigenvalue weighted by atomic mass is 10.0. The minimum Gasteiger partial charge on any atom is -0.508 e. The molecule has 122 valence electrons. The van der Waals surface area contributed by atoms with Gasteiger partial charge in [0.1, 0.15) is 33.8 Å². The van der Waals surface area contributed by atoms with Crippen molar-refractivity contribution < 1.29 is 29.6 Å². The van der Waals surface area contributed by atoms with Crippen LogP contribution in [-0.4, -0.2) is 26.2 Å². The van der Waals surface area contributed by atoms with Crippen molar-refractivity contribution in [2.24, 2.45) is 0 Å². The Hall–Kier alpha value is -3.48. The molecule has 2 aromatic carbocycles. The molecule has 1 aromatic heterocycles. The first-order valence-electron chi connectivity index (χ1n) is 6.85. The summed E-state index contributed by atoms with van der Waals surface area (Å²) in [5.41, 5.74) is -1.01. The molecule has 0 amide bonds. The zero-order valence-electron chi connectivity index (χ0n) is 12.4. The fraction of sp³-hybridized carbons (Fsp3) is 0.0588. The number of rotatable bonds is 2.